The largest absolute Gasteiger partial charge is 0.481 e. The number of likely N-dealkylation sites (N-methyl/N-ethyl adjacent to an activating group) is 1. The summed E-state index contributed by atoms with van der Waals surface area (Å²) in [5.41, 5.74) is 0. The van der Waals surface area contributed by atoms with E-state index in [-0.39, 0.29) is 5.91 Å². The fourth-order valence-electron chi connectivity index (χ4n) is 1.12. The molecule has 1 N–H and O–H groups in total. The highest BCUT2D eigenvalue weighted by atomic mass is 79.9. The number of nitrogens with one attached hydrogen (secondary N) is 1. The van der Waals surface area contributed by atoms with Crippen LogP contribution in [-0.4, -0.2) is 18.6 Å². The van der Waals surface area contributed by atoms with Gasteiger partial charge in [-0.05, 0) is 32.0 Å². The minimum absolute atomic E-state index is 0.0996. The summed E-state index contributed by atoms with van der Waals surface area (Å²) >= 11 is 3.34. The van der Waals surface area contributed by atoms with Crippen molar-refractivity contribution in [2.45, 2.75) is 20.0 Å². The Morgan fingerprint density at radius 2 is 2.33 bits per heavy atom. The van der Waals surface area contributed by atoms with Gasteiger partial charge >= 0.3 is 0 Å². The van der Waals surface area contributed by atoms with Crippen LogP contribution < -0.4 is 10.1 Å². The molecule has 1 aromatic rings. The smallest absolute Gasteiger partial charge is 0.260 e. The Morgan fingerprint density at radius 1 is 1.60 bits per heavy atom. The first-order valence-electron chi connectivity index (χ1n) is 4.83. The lowest BCUT2D eigenvalue weighted by atomic mass is 10.3. The van der Waals surface area contributed by atoms with Gasteiger partial charge in [0.05, 0.1) is 0 Å². The van der Waals surface area contributed by atoms with Crippen molar-refractivity contribution < 1.29 is 9.53 Å². The zero-order valence-electron chi connectivity index (χ0n) is 8.79. The SMILES string of the molecule is CCNC(=O)C(C)Oc1cccc(Br)c1. The molecule has 1 rings (SSSR count). The molecule has 0 aromatic heterocycles. The van der Waals surface area contributed by atoms with Gasteiger partial charge in [0.25, 0.3) is 5.91 Å². The maximum atomic E-state index is 11.4. The standard InChI is InChI=1S/C11H14BrNO2/c1-3-13-11(14)8(2)15-10-6-4-5-9(12)7-10/h4-8H,3H2,1-2H3,(H,13,14). The van der Waals surface area contributed by atoms with E-state index in [1.807, 2.05) is 31.2 Å². The first-order valence-corrected chi connectivity index (χ1v) is 5.62. The Kier molecular flexibility index (Phi) is 4.62. The van der Waals surface area contributed by atoms with Gasteiger partial charge in [-0.1, -0.05) is 22.0 Å². The molecule has 15 heavy (non-hydrogen) atoms. The van der Waals surface area contributed by atoms with Crippen molar-refractivity contribution >= 4 is 21.8 Å². The highest BCUT2D eigenvalue weighted by Crippen LogP contribution is 2.18. The summed E-state index contributed by atoms with van der Waals surface area (Å²) in [4.78, 5) is 11.4. The molecule has 0 radical (unpaired) electrons. The molecule has 0 spiro atoms. The Morgan fingerprint density at radius 3 is 2.93 bits per heavy atom. The second-order valence-electron chi connectivity index (χ2n) is 3.11. The van der Waals surface area contributed by atoms with E-state index in [0.717, 1.165) is 4.47 Å². The summed E-state index contributed by atoms with van der Waals surface area (Å²) in [7, 11) is 0. The topological polar surface area (TPSA) is 38.3 Å². The predicted octanol–water partition coefficient (Wildman–Crippen LogP) is 2.35. The van der Waals surface area contributed by atoms with Gasteiger partial charge < -0.3 is 10.1 Å². The van der Waals surface area contributed by atoms with E-state index in [1.165, 1.54) is 0 Å². The van der Waals surface area contributed by atoms with Gasteiger partial charge in [-0.25, -0.2) is 0 Å². The van der Waals surface area contributed by atoms with E-state index >= 15 is 0 Å². The Hall–Kier alpha value is -1.03. The summed E-state index contributed by atoms with van der Waals surface area (Å²) in [6, 6.07) is 7.42. The Balaban J connectivity index is 2.58. The van der Waals surface area contributed by atoms with E-state index in [9.17, 15) is 4.79 Å². The highest BCUT2D eigenvalue weighted by Gasteiger charge is 2.12. The molecule has 0 bridgehead atoms. The highest BCUT2D eigenvalue weighted by molar-refractivity contribution is 9.10. The molecule has 0 saturated heterocycles. The second kappa shape index (κ2) is 5.75. The van der Waals surface area contributed by atoms with Crippen LogP contribution in [0.25, 0.3) is 0 Å². The van der Waals surface area contributed by atoms with Crippen molar-refractivity contribution in [3.05, 3.63) is 28.7 Å². The van der Waals surface area contributed by atoms with Crippen LogP contribution in [0.4, 0.5) is 0 Å². The van der Waals surface area contributed by atoms with Crippen LogP contribution >= 0.6 is 15.9 Å². The molecule has 0 aliphatic rings. The molecule has 82 valence electrons. The molecule has 1 aromatic carbocycles. The lowest BCUT2D eigenvalue weighted by Crippen LogP contribution is -2.36. The number of halogens is 1. The van der Waals surface area contributed by atoms with Gasteiger partial charge in [-0.2, -0.15) is 0 Å². The van der Waals surface area contributed by atoms with Gasteiger partial charge in [0.15, 0.2) is 6.10 Å². The molecule has 1 unspecified atom stereocenters. The quantitative estimate of drug-likeness (QED) is 0.913. The van der Waals surface area contributed by atoms with Crippen molar-refractivity contribution in [3.8, 4) is 5.75 Å². The molecule has 0 heterocycles. The van der Waals surface area contributed by atoms with E-state index < -0.39 is 6.10 Å². The molecule has 0 fully saturated rings. The number of hydrogen-bond acceptors (Lipinski definition) is 2. The van der Waals surface area contributed by atoms with Gasteiger partial charge in [-0.3, -0.25) is 4.79 Å². The maximum absolute atomic E-state index is 11.4. The van der Waals surface area contributed by atoms with Crippen LogP contribution in [0.15, 0.2) is 28.7 Å². The summed E-state index contributed by atoms with van der Waals surface area (Å²) in [5.74, 6) is 0.584. The molecule has 0 aliphatic carbocycles. The number of carbonyl (C=O) groups excluding carboxylic acids is 1. The zero-order valence-corrected chi connectivity index (χ0v) is 10.4. The number of rotatable bonds is 4. The zero-order chi connectivity index (χ0) is 11.3. The predicted molar refractivity (Wildman–Crippen MR) is 62.9 cm³/mol. The third kappa shape index (κ3) is 3.91. The van der Waals surface area contributed by atoms with Crippen molar-refractivity contribution in [2.24, 2.45) is 0 Å². The third-order valence-electron chi connectivity index (χ3n) is 1.83. The van der Waals surface area contributed by atoms with Gasteiger partial charge in [0, 0.05) is 11.0 Å². The van der Waals surface area contributed by atoms with E-state index in [1.54, 1.807) is 6.92 Å². The monoisotopic (exact) mass is 271 g/mol. The Labute approximate surface area is 97.9 Å². The number of ether oxygens (including phenoxy) is 1. The number of benzene rings is 1. The lowest BCUT2D eigenvalue weighted by molar-refractivity contribution is -0.127. The summed E-state index contributed by atoms with van der Waals surface area (Å²) < 4.78 is 6.40. The maximum Gasteiger partial charge on any atom is 0.260 e. The van der Waals surface area contributed by atoms with E-state index in [2.05, 4.69) is 21.2 Å². The summed E-state index contributed by atoms with van der Waals surface area (Å²) in [6.07, 6.45) is -0.473. The summed E-state index contributed by atoms with van der Waals surface area (Å²) in [6.45, 7) is 4.22. The molecule has 3 nitrogen and oxygen atoms in total. The second-order valence-corrected chi connectivity index (χ2v) is 4.03. The number of amides is 1. The third-order valence-corrected chi connectivity index (χ3v) is 2.32. The van der Waals surface area contributed by atoms with Crippen LogP contribution in [0, 0.1) is 0 Å². The fourth-order valence-corrected chi connectivity index (χ4v) is 1.49. The first-order chi connectivity index (χ1) is 7.13. The van der Waals surface area contributed by atoms with Gasteiger partial charge in [-0.15, -0.1) is 0 Å². The average molecular weight is 272 g/mol. The summed E-state index contributed by atoms with van der Waals surface area (Å²) in [5, 5.41) is 2.70. The molecule has 0 aliphatic heterocycles. The number of carbonyl (C=O) groups is 1. The molecular weight excluding hydrogens is 258 g/mol. The molecule has 4 heteroatoms. The first kappa shape index (κ1) is 12.0. The van der Waals surface area contributed by atoms with Crippen LogP contribution in [-0.2, 0) is 4.79 Å². The van der Waals surface area contributed by atoms with Crippen molar-refractivity contribution in [2.75, 3.05) is 6.54 Å². The average Bonchev–Trinajstić information content (AvgIpc) is 2.18. The van der Waals surface area contributed by atoms with Crippen molar-refractivity contribution in [1.82, 2.24) is 5.32 Å². The van der Waals surface area contributed by atoms with Crippen LogP contribution in [0.2, 0.25) is 0 Å². The van der Waals surface area contributed by atoms with E-state index in [0.29, 0.717) is 12.3 Å². The fraction of sp³-hybridized carbons (Fsp3) is 0.364. The minimum Gasteiger partial charge on any atom is -0.481 e. The Bertz CT molecular complexity index is 341. The normalized spacial score (nSPS) is 11.9. The minimum atomic E-state index is -0.473. The molecule has 1 amide bonds. The van der Waals surface area contributed by atoms with Gasteiger partial charge in [0.2, 0.25) is 0 Å². The lowest BCUT2D eigenvalue weighted by Gasteiger charge is -2.13. The molecule has 0 saturated carbocycles. The van der Waals surface area contributed by atoms with Crippen LogP contribution in [0.1, 0.15) is 13.8 Å². The van der Waals surface area contributed by atoms with Crippen molar-refractivity contribution in [1.29, 1.82) is 0 Å². The van der Waals surface area contributed by atoms with Gasteiger partial charge in [0.1, 0.15) is 5.75 Å². The van der Waals surface area contributed by atoms with E-state index in [4.69, 9.17) is 4.74 Å². The number of hydrogen-bond donors (Lipinski definition) is 1. The van der Waals surface area contributed by atoms with Crippen LogP contribution in [0.5, 0.6) is 5.75 Å². The van der Waals surface area contributed by atoms with Crippen LogP contribution in [0.3, 0.4) is 0 Å². The molecular formula is C11H14BrNO2. The van der Waals surface area contributed by atoms with Crippen molar-refractivity contribution in [3.63, 3.8) is 0 Å². The molecule has 1 atom stereocenters.